The van der Waals surface area contributed by atoms with E-state index in [-0.39, 0.29) is 5.91 Å². The molecule has 0 spiro atoms. The Bertz CT molecular complexity index is 1270. The number of nitrogens with zero attached hydrogens (tertiary/aromatic N) is 3. The average Bonchev–Trinajstić information content (AvgIpc) is 3.14. The number of pyridine rings is 1. The Hall–Kier alpha value is -2.83. The Morgan fingerprint density at radius 1 is 1.16 bits per heavy atom. The molecule has 0 radical (unpaired) electrons. The van der Waals surface area contributed by atoms with Crippen LogP contribution in [-0.4, -0.2) is 20.4 Å². The van der Waals surface area contributed by atoms with Gasteiger partial charge in [0, 0.05) is 22.7 Å². The zero-order valence-electron chi connectivity index (χ0n) is 18.3. The summed E-state index contributed by atoms with van der Waals surface area (Å²) in [6, 6.07) is 17.3. The van der Waals surface area contributed by atoms with Gasteiger partial charge in [-0.25, -0.2) is 9.97 Å². The summed E-state index contributed by atoms with van der Waals surface area (Å²) < 4.78 is 1.96. The number of benzene rings is 2. The van der Waals surface area contributed by atoms with Crippen LogP contribution in [0.5, 0.6) is 0 Å². The number of fused-ring (bicyclic) bond motifs is 1. The van der Waals surface area contributed by atoms with E-state index in [1.54, 1.807) is 24.0 Å². The molecule has 2 aromatic heterocycles. The number of hydrogen-bond donors (Lipinski definition) is 1. The Labute approximate surface area is 197 Å². The van der Waals surface area contributed by atoms with Crippen LogP contribution in [0.1, 0.15) is 36.1 Å². The van der Waals surface area contributed by atoms with E-state index in [0.29, 0.717) is 22.8 Å². The Morgan fingerprint density at radius 3 is 2.75 bits per heavy atom. The molecule has 1 amide bonds. The summed E-state index contributed by atoms with van der Waals surface area (Å²) in [7, 11) is 0. The fraction of sp³-hybridized carbons (Fsp3) is 0.240. The van der Waals surface area contributed by atoms with Crippen molar-refractivity contribution >= 4 is 46.1 Å². The monoisotopic (exact) mass is 464 g/mol. The molecular formula is C25H25ClN4OS. The maximum atomic E-state index is 13.3. The van der Waals surface area contributed by atoms with Crippen molar-refractivity contribution in [1.29, 1.82) is 0 Å². The summed E-state index contributed by atoms with van der Waals surface area (Å²) in [6.45, 7) is 6.02. The highest BCUT2D eigenvalue weighted by Crippen LogP contribution is 2.31. The fourth-order valence-electron chi connectivity index (χ4n) is 3.62. The molecule has 4 aromatic rings. The average molecular weight is 465 g/mol. The van der Waals surface area contributed by atoms with Crippen LogP contribution in [0, 0.1) is 13.8 Å². The Kier molecular flexibility index (Phi) is 6.82. The van der Waals surface area contributed by atoms with Gasteiger partial charge in [-0.3, -0.25) is 9.36 Å². The number of carbonyl (C=O) groups is 1. The van der Waals surface area contributed by atoms with Gasteiger partial charge >= 0.3 is 0 Å². The van der Waals surface area contributed by atoms with Crippen molar-refractivity contribution in [2.45, 2.75) is 44.1 Å². The summed E-state index contributed by atoms with van der Waals surface area (Å²) in [5.74, 6) is 0.645. The molecule has 2 heterocycles. The first-order chi connectivity index (χ1) is 15.5. The zero-order valence-corrected chi connectivity index (χ0v) is 19.9. The maximum Gasteiger partial charge on any atom is 0.247 e. The molecule has 0 aliphatic heterocycles. The summed E-state index contributed by atoms with van der Waals surface area (Å²) in [4.78, 5) is 22.7. The SMILES string of the molecule is CCC(C(=O)Nc1ccc(C)c(Cl)c1)n1c(SCc2cccc(C)c2)nc2cccnc21. The van der Waals surface area contributed by atoms with E-state index in [4.69, 9.17) is 16.6 Å². The first-order valence-electron chi connectivity index (χ1n) is 10.5. The van der Waals surface area contributed by atoms with Gasteiger partial charge in [0.2, 0.25) is 5.91 Å². The van der Waals surface area contributed by atoms with Crippen LogP contribution >= 0.6 is 23.4 Å². The third kappa shape index (κ3) is 4.81. The molecule has 0 aliphatic rings. The zero-order chi connectivity index (χ0) is 22.7. The number of nitrogens with one attached hydrogen (secondary N) is 1. The lowest BCUT2D eigenvalue weighted by atomic mass is 10.2. The van der Waals surface area contributed by atoms with Crippen LogP contribution in [0.4, 0.5) is 5.69 Å². The number of anilines is 1. The summed E-state index contributed by atoms with van der Waals surface area (Å²) in [5.41, 5.74) is 5.58. The Morgan fingerprint density at radius 2 is 2.00 bits per heavy atom. The minimum atomic E-state index is -0.449. The number of amides is 1. The summed E-state index contributed by atoms with van der Waals surface area (Å²) >= 11 is 7.86. The minimum Gasteiger partial charge on any atom is -0.324 e. The van der Waals surface area contributed by atoms with Gasteiger partial charge < -0.3 is 5.32 Å². The predicted octanol–water partition coefficient (Wildman–Crippen LogP) is 6.58. The van der Waals surface area contributed by atoms with Gasteiger partial charge in [0.1, 0.15) is 11.6 Å². The van der Waals surface area contributed by atoms with Crippen LogP contribution < -0.4 is 5.32 Å². The first-order valence-corrected chi connectivity index (χ1v) is 11.9. The van der Waals surface area contributed by atoms with Crippen LogP contribution in [0.3, 0.4) is 0 Å². The van der Waals surface area contributed by atoms with Crippen molar-refractivity contribution in [3.05, 3.63) is 82.5 Å². The van der Waals surface area contributed by atoms with Crippen molar-refractivity contribution < 1.29 is 4.79 Å². The number of rotatable bonds is 7. The van der Waals surface area contributed by atoms with Gasteiger partial charge in [-0.1, -0.05) is 66.2 Å². The summed E-state index contributed by atoms with van der Waals surface area (Å²) in [6.07, 6.45) is 2.34. The molecule has 0 bridgehead atoms. The first kappa shape index (κ1) is 22.4. The van der Waals surface area contributed by atoms with Crippen molar-refractivity contribution in [3.8, 4) is 0 Å². The van der Waals surface area contributed by atoms with Crippen LogP contribution in [0.2, 0.25) is 5.02 Å². The molecule has 0 saturated carbocycles. The van der Waals surface area contributed by atoms with Crippen LogP contribution in [0.25, 0.3) is 11.2 Å². The molecule has 32 heavy (non-hydrogen) atoms. The van der Waals surface area contributed by atoms with Gasteiger partial charge in [-0.2, -0.15) is 0 Å². The standard InChI is InChI=1S/C25H25ClN4OS/c1-4-22(24(31)28-19-11-10-17(3)20(26)14-19)30-23-21(9-6-12-27-23)29-25(30)32-15-18-8-5-7-16(2)13-18/h5-14,22H,4,15H2,1-3H3,(H,28,31). The van der Waals surface area contributed by atoms with Gasteiger partial charge in [0.15, 0.2) is 10.8 Å². The third-order valence-electron chi connectivity index (χ3n) is 5.31. The molecule has 0 fully saturated rings. The topological polar surface area (TPSA) is 59.8 Å². The smallest absolute Gasteiger partial charge is 0.247 e. The molecule has 0 aliphatic carbocycles. The highest BCUT2D eigenvalue weighted by molar-refractivity contribution is 7.98. The lowest BCUT2D eigenvalue weighted by Crippen LogP contribution is -2.26. The van der Waals surface area contributed by atoms with E-state index in [0.717, 1.165) is 22.0 Å². The second-order valence-corrected chi connectivity index (χ2v) is 9.12. The van der Waals surface area contributed by atoms with E-state index in [9.17, 15) is 4.79 Å². The molecule has 4 rings (SSSR count). The third-order valence-corrected chi connectivity index (χ3v) is 6.74. The highest BCUT2D eigenvalue weighted by Gasteiger charge is 2.25. The fourth-order valence-corrected chi connectivity index (χ4v) is 4.79. The molecule has 7 heteroatoms. The van der Waals surface area contributed by atoms with Gasteiger partial charge in [-0.05, 0) is 55.7 Å². The minimum absolute atomic E-state index is 0.116. The van der Waals surface area contributed by atoms with E-state index in [1.165, 1.54) is 11.1 Å². The molecule has 1 unspecified atom stereocenters. The Balaban J connectivity index is 1.66. The summed E-state index contributed by atoms with van der Waals surface area (Å²) in [5, 5.41) is 4.42. The van der Waals surface area contributed by atoms with Gasteiger partial charge in [0.05, 0.1) is 0 Å². The number of carbonyl (C=O) groups excluding carboxylic acids is 1. The van der Waals surface area contributed by atoms with E-state index in [1.807, 2.05) is 42.7 Å². The van der Waals surface area contributed by atoms with E-state index in [2.05, 4.69) is 41.5 Å². The molecule has 5 nitrogen and oxygen atoms in total. The van der Waals surface area contributed by atoms with Crippen molar-refractivity contribution in [2.75, 3.05) is 5.32 Å². The van der Waals surface area contributed by atoms with Gasteiger partial charge in [-0.15, -0.1) is 0 Å². The molecule has 164 valence electrons. The van der Waals surface area contributed by atoms with Gasteiger partial charge in [0.25, 0.3) is 0 Å². The normalized spacial score (nSPS) is 12.1. The number of thioether (sulfide) groups is 1. The lowest BCUT2D eigenvalue weighted by Gasteiger charge is -2.19. The quantitative estimate of drug-likeness (QED) is 0.313. The number of aromatic nitrogens is 3. The van der Waals surface area contributed by atoms with Crippen LogP contribution in [0.15, 0.2) is 66.0 Å². The molecule has 1 atom stereocenters. The highest BCUT2D eigenvalue weighted by atomic mass is 35.5. The molecule has 0 saturated heterocycles. The lowest BCUT2D eigenvalue weighted by molar-refractivity contribution is -0.119. The maximum absolute atomic E-state index is 13.3. The van der Waals surface area contributed by atoms with Crippen molar-refractivity contribution in [2.24, 2.45) is 0 Å². The van der Waals surface area contributed by atoms with E-state index >= 15 is 0 Å². The second kappa shape index (κ2) is 9.76. The van der Waals surface area contributed by atoms with Crippen molar-refractivity contribution in [3.63, 3.8) is 0 Å². The van der Waals surface area contributed by atoms with Crippen LogP contribution in [-0.2, 0) is 10.5 Å². The predicted molar refractivity (Wildman–Crippen MR) is 132 cm³/mol. The second-order valence-electron chi connectivity index (χ2n) is 7.77. The van der Waals surface area contributed by atoms with E-state index < -0.39 is 6.04 Å². The largest absolute Gasteiger partial charge is 0.324 e. The molecule has 1 N–H and O–H groups in total. The number of hydrogen-bond acceptors (Lipinski definition) is 4. The molecular weight excluding hydrogens is 440 g/mol. The number of halogens is 1. The number of imidazole rings is 1. The van der Waals surface area contributed by atoms with Crippen molar-refractivity contribution in [1.82, 2.24) is 14.5 Å². The number of aryl methyl sites for hydroxylation is 2. The molecule has 2 aromatic carbocycles.